The summed E-state index contributed by atoms with van der Waals surface area (Å²) in [6, 6.07) is 3.71. The molecule has 1 aromatic rings. The van der Waals surface area contributed by atoms with Crippen molar-refractivity contribution in [1.82, 2.24) is 0 Å². The molecule has 0 aliphatic carbocycles. The first-order chi connectivity index (χ1) is 8.04. The quantitative estimate of drug-likeness (QED) is 0.767. The molecule has 1 amide bonds. The van der Waals surface area contributed by atoms with Crippen molar-refractivity contribution in [2.24, 2.45) is 5.73 Å². The highest BCUT2D eigenvalue weighted by atomic mass is 19.1. The first-order valence-corrected chi connectivity index (χ1v) is 5.35. The molecule has 0 aliphatic heterocycles. The van der Waals surface area contributed by atoms with Gasteiger partial charge in [-0.25, -0.2) is 4.39 Å². The predicted molar refractivity (Wildman–Crippen MR) is 63.3 cm³/mol. The lowest BCUT2D eigenvalue weighted by Gasteiger charge is -2.09. The highest BCUT2D eigenvalue weighted by molar-refractivity contribution is 6.04. The number of hydrogen-bond acceptors (Lipinski definition) is 3. The van der Waals surface area contributed by atoms with Gasteiger partial charge < -0.3 is 11.1 Å². The molecular formula is C12H15FN2O2. The lowest BCUT2D eigenvalue weighted by atomic mass is 10.0. The number of anilines is 1. The van der Waals surface area contributed by atoms with Crippen LogP contribution in [0.3, 0.4) is 0 Å². The molecule has 0 aliphatic rings. The summed E-state index contributed by atoms with van der Waals surface area (Å²) in [5, 5.41) is 2.44. The van der Waals surface area contributed by atoms with Crippen molar-refractivity contribution < 1.29 is 14.0 Å². The van der Waals surface area contributed by atoms with Crippen molar-refractivity contribution >= 4 is 17.4 Å². The number of amides is 1. The number of ketones is 1. The number of nitrogens with one attached hydrogen (secondary N) is 1. The average molecular weight is 238 g/mol. The van der Waals surface area contributed by atoms with E-state index < -0.39 is 5.82 Å². The van der Waals surface area contributed by atoms with E-state index in [4.69, 9.17) is 5.73 Å². The van der Waals surface area contributed by atoms with Gasteiger partial charge in [-0.2, -0.15) is 0 Å². The number of halogens is 1. The van der Waals surface area contributed by atoms with E-state index in [1.165, 1.54) is 19.1 Å². The summed E-state index contributed by atoms with van der Waals surface area (Å²) < 4.78 is 13.0. The molecule has 3 N–H and O–H groups in total. The van der Waals surface area contributed by atoms with Gasteiger partial charge in [0.05, 0.1) is 5.69 Å². The largest absolute Gasteiger partial charge is 0.330 e. The van der Waals surface area contributed by atoms with Gasteiger partial charge in [0.1, 0.15) is 5.82 Å². The third-order valence-electron chi connectivity index (χ3n) is 2.20. The topological polar surface area (TPSA) is 72.2 Å². The lowest BCUT2D eigenvalue weighted by molar-refractivity contribution is -0.114. The Labute approximate surface area is 99.0 Å². The van der Waals surface area contributed by atoms with Gasteiger partial charge in [0.25, 0.3) is 0 Å². The molecule has 0 radical (unpaired) electrons. The fourth-order valence-electron chi connectivity index (χ4n) is 1.45. The van der Waals surface area contributed by atoms with Crippen LogP contribution < -0.4 is 11.1 Å². The summed E-state index contributed by atoms with van der Waals surface area (Å²) in [5.74, 6) is -0.994. The highest BCUT2D eigenvalue weighted by Gasteiger charge is 2.12. The molecule has 92 valence electrons. The molecule has 0 saturated carbocycles. The van der Waals surface area contributed by atoms with Crippen molar-refractivity contribution in [1.29, 1.82) is 0 Å². The Balaban J connectivity index is 2.96. The zero-order valence-corrected chi connectivity index (χ0v) is 9.63. The summed E-state index contributed by atoms with van der Waals surface area (Å²) >= 11 is 0. The van der Waals surface area contributed by atoms with Crippen molar-refractivity contribution in [3.05, 3.63) is 29.6 Å². The molecule has 5 heteroatoms. The second-order valence-electron chi connectivity index (χ2n) is 3.69. The van der Waals surface area contributed by atoms with Crippen molar-refractivity contribution in [3.63, 3.8) is 0 Å². The number of nitrogens with two attached hydrogens (primary N) is 1. The summed E-state index contributed by atoms with van der Waals surface area (Å²) in [4.78, 5) is 22.7. The van der Waals surface area contributed by atoms with Gasteiger partial charge >= 0.3 is 0 Å². The minimum atomic E-state index is -0.496. The first-order valence-electron chi connectivity index (χ1n) is 5.35. The third-order valence-corrected chi connectivity index (χ3v) is 2.20. The van der Waals surface area contributed by atoms with Crippen LogP contribution in [-0.4, -0.2) is 18.2 Å². The zero-order valence-electron chi connectivity index (χ0n) is 9.63. The maximum Gasteiger partial charge on any atom is 0.221 e. The molecule has 4 nitrogen and oxygen atoms in total. The Morgan fingerprint density at radius 3 is 2.71 bits per heavy atom. The maximum absolute atomic E-state index is 13.0. The molecule has 1 rings (SSSR count). The SMILES string of the molecule is CC(=O)Nc1cc(F)ccc1C(=O)CCCN. The van der Waals surface area contributed by atoms with Gasteiger partial charge in [0, 0.05) is 18.9 Å². The predicted octanol–water partition coefficient (Wildman–Crippen LogP) is 1.71. The Bertz CT molecular complexity index is 433. The number of benzene rings is 1. The van der Waals surface area contributed by atoms with E-state index in [0.717, 1.165) is 6.07 Å². The molecule has 1 aromatic carbocycles. The molecule has 0 bridgehead atoms. The Morgan fingerprint density at radius 1 is 1.41 bits per heavy atom. The summed E-state index contributed by atoms with van der Waals surface area (Å²) in [6.45, 7) is 1.72. The van der Waals surface area contributed by atoms with Crippen molar-refractivity contribution in [2.45, 2.75) is 19.8 Å². The number of carbonyl (C=O) groups excluding carboxylic acids is 2. The monoisotopic (exact) mass is 238 g/mol. The highest BCUT2D eigenvalue weighted by Crippen LogP contribution is 2.19. The van der Waals surface area contributed by atoms with Crippen LogP contribution in [0.25, 0.3) is 0 Å². The van der Waals surface area contributed by atoms with Crippen molar-refractivity contribution in [2.75, 3.05) is 11.9 Å². The van der Waals surface area contributed by atoms with Gasteiger partial charge in [-0.15, -0.1) is 0 Å². The van der Waals surface area contributed by atoms with Crippen LogP contribution in [0.1, 0.15) is 30.1 Å². The molecule has 0 saturated heterocycles. The summed E-state index contributed by atoms with van der Waals surface area (Å²) in [5.41, 5.74) is 5.84. The third kappa shape index (κ3) is 3.96. The van der Waals surface area contributed by atoms with E-state index in [0.29, 0.717) is 18.5 Å². The van der Waals surface area contributed by atoms with E-state index in [1.807, 2.05) is 0 Å². The Hall–Kier alpha value is -1.75. The minimum Gasteiger partial charge on any atom is -0.330 e. The van der Waals surface area contributed by atoms with Gasteiger partial charge in [-0.3, -0.25) is 9.59 Å². The van der Waals surface area contributed by atoms with Gasteiger partial charge in [0.2, 0.25) is 5.91 Å². The molecule has 0 aromatic heterocycles. The van der Waals surface area contributed by atoms with Crippen LogP contribution in [0.2, 0.25) is 0 Å². The molecule has 0 heterocycles. The Morgan fingerprint density at radius 2 is 2.12 bits per heavy atom. The van der Waals surface area contributed by atoms with E-state index in [-0.39, 0.29) is 23.8 Å². The molecule has 0 spiro atoms. The molecule has 0 atom stereocenters. The van der Waals surface area contributed by atoms with Crippen LogP contribution in [-0.2, 0) is 4.79 Å². The second-order valence-corrected chi connectivity index (χ2v) is 3.69. The number of rotatable bonds is 5. The number of hydrogen-bond donors (Lipinski definition) is 2. The molecule has 17 heavy (non-hydrogen) atoms. The fraction of sp³-hybridized carbons (Fsp3) is 0.333. The average Bonchev–Trinajstić information content (AvgIpc) is 2.25. The van der Waals surface area contributed by atoms with E-state index in [2.05, 4.69) is 5.32 Å². The number of Topliss-reactive ketones (excluding diaryl/α,β-unsaturated/α-hetero) is 1. The normalized spacial score (nSPS) is 10.1. The van der Waals surface area contributed by atoms with Crippen LogP contribution >= 0.6 is 0 Å². The smallest absolute Gasteiger partial charge is 0.221 e. The summed E-state index contributed by atoms with van der Waals surface area (Å²) in [7, 11) is 0. The fourth-order valence-corrected chi connectivity index (χ4v) is 1.45. The van der Waals surface area contributed by atoms with Crippen LogP contribution in [0.15, 0.2) is 18.2 Å². The molecular weight excluding hydrogens is 223 g/mol. The standard InChI is InChI=1S/C12H15FN2O2/c1-8(16)15-11-7-9(13)4-5-10(11)12(17)3-2-6-14/h4-5,7H,2-3,6,14H2,1H3,(H,15,16). The molecule has 0 fully saturated rings. The van der Waals surface area contributed by atoms with Gasteiger partial charge in [0.15, 0.2) is 5.78 Å². The van der Waals surface area contributed by atoms with E-state index >= 15 is 0 Å². The van der Waals surface area contributed by atoms with Crippen LogP contribution in [0.4, 0.5) is 10.1 Å². The Kier molecular flexibility index (Phi) is 4.78. The van der Waals surface area contributed by atoms with Crippen molar-refractivity contribution in [3.8, 4) is 0 Å². The first kappa shape index (κ1) is 13.3. The van der Waals surface area contributed by atoms with Gasteiger partial charge in [-0.05, 0) is 31.2 Å². The lowest BCUT2D eigenvalue weighted by Crippen LogP contribution is -2.12. The van der Waals surface area contributed by atoms with E-state index in [1.54, 1.807) is 0 Å². The molecule has 0 unspecified atom stereocenters. The maximum atomic E-state index is 13.0. The van der Waals surface area contributed by atoms with Gasteiger partial charge in [-0.1, -0.05) is 0 Å². The summed E-state index contributed by atoms with van der Waals surface area (Å²) in [6.07, 6.45) is 0.852. The van der Waals surface area contributed by atoms with Crippen LogP contribution in [0.5, 0.6) is 0 Å². The zero-order chi connectivity index (χ0) is 12.8. The van der Waals surface area contributed by atoms with E-state index in [9.17, 15) is 14.0 Å². The second kappa shape index (κ2) is 6.10. The minimum absolute atomic E-state index is 0.154. The van der Waals surface area contributed by atoms with Crippen LogP contribution in [0, 0.1) is 5.82 Å². The number of carbonyl (C=O) groups is 2.